The van der Waals surface area contributed by atoms with Crippen LogP contribution in [-0.2, 0) is 23.9 Å². The first-order valence-corrected chi connectivity index (χ1v) is 15.6. The highest BCUT2D eigenvalue weighted by atomic mass is 35.5. The second-order valence-corrected chi connectivity index (χ2v) is 12.4. The zero-order valence-electron chi connectivity index (χ0n) is 27.5. The number of nitrogens with zero attached hydrogens (tertiary/aromatic N) is 5. The van der Waals surface area contributed by atoms with Crippen LogP contribution in [0.25, 0.3) is 0 Å². The predicted octanol–water partition coefficient (Wildman–Crippen LogP) is 5.22. The molecule has 0 saturated carbocycles. The lowest BCUT2D eigenvalue weighted by atomic mass is 9.94. The zero-order chi connectivity index (χ0) is 34.4. The molecule has 1 aliphatic heterocycles. The molecule has 16 heteroatoms. The van der Waals surface area contributed by atoms with Gasteiger partial charge in [0.2, 0.25) is 0 Å². The van der Waals surface area contributed by atoms with E-state index in [0.29, 0.717) is 44.0 Å². The molecule has 260 valence electrons. The summed E-state index contributed by atoms with van der Waals surface area (Å²) in [5, 5.41) is -1.14. The van der Waals surface area contributed by atoms with Crippen molar-refractivity contribution in [3.8, 4) is 6.01 Å². The summed E-state index contributed by atoms with van der Waals surface area (Å²) in [7, 11) is 5.31. The number of nitrogens with two attached hydrogens (primary N) is 1. The van der Waals surface area contributed by atoms with E-state index in [4.69, 9.17) is 26.8 Å². The number of anilines is 2. The highest BCUT2D eigenvalue weighted by Gasteiger charge is 2.42. The second kappa shape index (κ2) is 15.6. The van der Waals surface area contributed by atoms with Crippen molar-refractivity contribution >= 4 is 23.1 Å². The molecular formula is C30H46ClF5N8O2. The number of halogens is 6. The Kier molecular flexibility index (Phi) is 12.8. The van der Waals surface area contributed by atoms with Crippen LogP contribution in [0.15, 0.2) is 12.1 Å². The fraction of sp³-hybridized carbons (Fsp3) is 0.667. The average Bonchev–Trinajstić information content (AvgIpc) is 2.98. The quantitative estimate of drug-likeness (QED) is 0.0416. The van der Waals surface area contributed by atoms with Gasteiger partial charge in [-0.2, -0.15) is 23.1 Å². The van der Waals surface area contributed by atoms with E-state index in [0.717, 1.165) is 18.6 Å². The van der Waals surface area contributed by atoms with Gasteiger partial charge in [0.25, 0.3) is 0 Å². The third-order valence-electron chi connectivity index (χ3n) is 8.12. The molecule has 0 fully saturated rings. The molecule has 2 heterocycles. The number of fused-ring (bicyclic) bond motifs is 1. The van der Waals surface area contributed by atoms with Crippen molar-refractivity contribution in [2.45, 2.75) is 76.8 Å². The molecule has 2 aromatic rings. The van der Waals surface area contributed by atoms with E-state index in [1.165, 1.54) is 6.92 Å². The summed E-state index contributed by atoms with van der Waals surface area (Å²) in [6.07, 6.45) is -5.17. The SMILES string of the molecule is CCCN(CC)C(C)(F)COc1nc2c(c(N(CCCNNC)C(C)(Cl)N(C)C)n1)CO[C@H](c1c(C(F)(F)F)ccc(N)c1F)C2. The summed E-state index contributed by atoms with van der Waals surface area (Å²) >= 11 is 7.08. The van der Waals surface area contributed by atoms with E-state index in [2.05, 4.69) is 20.8 Å². The van der Waals surface area contributed by atoms with Crippen LogP contribution in [0.2, 0.25) is 0 Å². The third kappa shape index (κ3) is 8.66. The highest BCUT2D eigenvalue weighted by molar-refractivity contribution is 6.24. The fourth-order valence-corrected chi connectivity index (χ4v) is 5.51. The van der Waals surface area contributed by atoms with E-state index in [-0.39, 0.29) is 24.7 Å². The van der Waals surface area contributed by atoms with Crippen molar-refractivity contribution in [1.29, 1.82) is 0 Å². The van der Waals surface area contributed by atoms with Gasteiger partial charge in [-0.05, 0) is 66.5 Å². The Hall–Kier alpha value is -2.56. The standard InChI is InChI=1S/C30H46ClF5N8O2/c1-8-14-43(9-2)28(3,33)18-46-27-40-22-16-23(24-20(30(34,35)36)11-12-21(37)25(24)32)45-17-19(22)26(41-27)44(15-10-13-39-38-5)29(4,31)42(6)7/h11-12,23,38-39H,8-10,13-18,37H2,1-7H3/t23-,28?,29?/m0/s1. The van der Waals surface area contributed by atoms with E-state index in [1.54, 1.807) is 42.8 Å². The first-order chi connectivity index (χ1) is 21.5. The van der Waals surface area contributed by atoms with Crippen molar-refractivity contribution in [2.24, 2.45) is 0 Å². The number of hydrazine groups is 1. The molecular weight excluding hydrogens is 635 g/mol. The number of benzene rings is 1. The van der Waals surface area contributed by atoms with E-state index in [9.17, 15) is 13.2 Å². The number of rotatable bonds is 16. The Morgan fingerprint density at radius 2 is 1.83 bits per heavy atom. The molecule has 1 aromatic heterocycles. The molecule has 3 rings (SSSR count). The molecule has 0 aliphatic carbocycles. The van der Waals surface area contributed by atoms with Gasteiger partial charge in [0.15, 0.2) is 16.7 Å². The van der Waals surface area contributed by atoms with Gasteiger partial charge in [-0.15, -0.1) is 0 Å². The molecule has 10 nitrogen and oxygen atoms in total. The largest absolute Gasteiger partial charge is 0.459 e. The van der Waals surface area contributed by atoms with E-state index >= 15 is 8.78 Å². The van der Waals surface area contributed by atoms with E-state index < -0.39 is 52.4 Å². The minimum atomic E-state index is -4.86. The summed E-state index contributed by atoms with van der Waals surface area (Å²) in [6, 6.07) is 1.42. The van der Waals surface area contributed by atoms with Gasteiger partial charge in [0, 0.05) is 37.2 Å². The summed E-state index contributed by atoms with van der Waals surface area (Å²) in [6.45, 7) is 8.17. The monoisotopic (exact) mass is 680 g/mol. The molecule has 0 spiro atoms. The molecule has 0 amide bonds. The molecule has 0 bridgehead atoms. The lowest BCUT2D eigenvalue weighted by molar-refractivity contribution is -0.140. The van der Waals surface area contributed by atoms with Gasteiger partial charge in [-0.25, -0.2) is 8.78 Å². The van der Waals surface area contributed by atoms with Crippen LogP contribution in [0, 0.1) is 5.82 Å². The second-order valence-electron chi connectivity index (χ2n) is 11.7. The number of ether oxygens (including phenoxy) is 2. The fourth-order valence-electron chi connectivity index (χ4n) is 5.35. The summed E-state index contributed by atoms with van der Waals surface area (Å²) < 4.78 is 84.8. The maximum Gasteiger partial charge on any atom is 0.416 e. The van der Waals surface area contributed by atoms with Gasteiger partial charge in [-0.1, -0.05) is 25.4 Å². The summed E-state index contributed by atoms with van der Waals surface area (Å²) in [4.78, 5) is 14.4. The Morgan fingerprint density at radius 3 is 2.41 bits per heavy atom. The topological polar surface area (TPSA) is 104 Å². The zero-order valence-corrected chi connectivity index (χ0v) is 28.2. The summed E-state index contributed by atoms with van der Waals surface area (Å²) in [5.41, 5.74) is 9.94. The van der Waals surface area contributed by atoms with Gasteiger partial charge < -0.3 is 20.1 Å². The smallest absolute Gasteiger partial charge is 0.416 e. The normalized spacial score (nSPS) is 17.9. The van der Waals surface area contributed by atoms with Crippen molar-refractivity contribution < 1.29 is 31.4 Å². The van der Waals surface area contributed by atoms with Crippen LogP contribution in [0.5, 0.6) is 6.01 Å². The number of likely N-dealkylation sites (N-methyl/N-ethyl adjacent to an activating group) is 1. The van der Waals surface area contributed by atoms with Crippen LogP contribution in [0.3, 0.4) is 0 Å². The molecule has 0 saturated heterocycles. The van der Waals surface area contributed by atoms with Crippen LogP contribution >= 0.6 is 11.6 Å². The Balaban J connectivity index is 2.15. The van der Waals surface area contributed by atoms with Gasteiger partial charge in [0.05, 0.1) is 29.7 Å². The van der Waals surface area contributed by atoms with Gasteiger partial charge in [-0.3, -0.25) is 20.7 Å². The molecule has 0 radical (unpaired) electrons. The van der Waals surface area contributed by atoms with Crippen molar-refractivity contribution in [3.05, 3.63) is 40.3 Å². The Labute approximate surface area is 272 Å². The highest BCUT2D eigenvalue weighted by Crippen LogP contribution is 2.43. The van der Waals surface area contributed by atoms with Gasteiger partial charge >= 0.3 is 12.2 Å². The Bertz CT molecular complexity index is 1320. The molecule has 46 heavy (non-hydrogen) atoms. The van der Waals surface area contributed by atoms with E-state index in [1.807, 2.05) is 13.8 Å². The third-order valence-corrected chi connectivity index (χ3v) is 8.66. The van der Waals surface area contributed by atoms with Crippen LogP contribution in [-0.4, -0.2) is 84.6 Å². The van der Waals surface area contributed by atoms with Crippen molar-refractivity contribution in [1.82, 2.24) is 30.6 Å². The maximum absolute atomic E-state index is 15.8. The minimum Gasteiger partial charge on any atom is -0.459 e. The molecule has 1 aliphatic rings. The van der Waals surface area contributed by atoms with Crippen LogP contribution in [0.4, 0.5) is 33.5 Å². The number of nitrogens with one attached hydrogen (secondary N) is 2. The number of nitrogen functional groups attached to an aromatic ring is 1. The van der Waals surface area contributed by atoms with Crippen LogP contribution in [0.1, 0.15) is 69.0 Å². The number of alkyl halides is 5. The molecule has 4 N–H and O–H groups in total. The molecule has 3 atom stereocenters. The number of hydrogen-bond acceptors (Lipinski definition) is 10. The lowest BCUT2D eigenvalue weighted by Gasteiger charge is -2.43. The number of aromatic nitrogens is 2. The predicted molar refractivity (Wildman–Crippen MR) is 169 cm³/mol. The van der Waals surface area contributed by atoms with Crippen molar-refractivity contribution in [3.63, 3.8) is 0 Å². The first-order valence-electron chi connectivity index (χ1n) is 15.3. The van der Waals surface area contributed by atoms with Crippen LogP contribution < -0.4 is 26.2 Å². The van der Waals surface area contributed by atoms with Gasteiger partial charge in [0.1, 0.15) is 12.4 Å². The first kappa shape index (κ1) is 37.9. The lowest BCUT2D eigenvalue weighted by Crippen LogP contribution is -2.54. The number of hydrogen-bond donors (Lipinski definition) is 3. The molecule has 2 unspecified atom stereocenters. The Morgan fingerprint density at radius 1 is 1.13 bits per heavy atom. The maximum atomic E-state index is 15.8. The molecule has 1 aromatic carbocycles. The summed E-state index contributed by atoms with van der Waals surface area (Å²) in [5.74, 6) is -2.78. The minimum absolute atomic E-state index is 0.195. The average molecular weight is 681 g/mol. The van der Waals surface area contributed by atoms with Crippen molar-refractivity contribution in [2.75, 3.05) is 64.6 Å².